The number of amides is 1. The maximum Gasteiger partial charge on any atom is 0.258 e. The molecule has 1 amide bonds. The van der Waals surface area contributed by atoms with Gasteiger partial charge in [0.1, 0.15) is 17.7 Å². The molecule has 0 aliphatic heterocycles. The molecule has 0 aromatic carbocycles. The number of aromatic nitrogens is 3. The van der Waals surface area contributed by atoms with Crippen molar-refractivity contribution in [2.24, 2.45) is 7.05 Å². The summed E-state index contributed by atoms with van der Waals surface area (Å²) in [5.41, 5.74) is 0.949. The lowest BCUT2D eigenvalue weighted by Crippen LogP contribution is -2.39. The molecule has 1 N–H and O–H groups in total. The topological polar surface area (TPSA) is 102 Å². The van der Waals surface area contributed by atoms with Gasteiger partial charge in [-0.1, -0.05) is 0 Å². The first-order valence-electron chi connectivity index (χ1n) is 8.50. The molecular formula is C18H21N5O3. The van der Waals surface area contributed by atoms with Crippen molar-refractivity contribution in [3.05, 3.63) is 35.7 Å². The molecule has 2 heterocycles. The fourth-order valence-electron chi connectivity index (χ4n) is 3.05. The quantitative estimate of drug-likeness (QED) is 0.878. The molecule has 1 aliphatic carbocycles. The Balaban J connectivity index is 1.50. The molecule has 0 saturated heterocycles. The van der Waals surface area contributed by atoms with Crippen molar-refractivity contribution in [2.75, 3.05) is 7.11 Å². The summed E-state index contributed by atoms with van der Waals surface area (Å²) in [6.07, 6.45) is 6.54. The van der Waals surface area contributed by atoms with Crippen LogP contribution in [0, 0.1) is 11.3 Å². The number of rotatable bonds is 5. The Hall–Kier alpha value is -3.08. The number of carbonyl (C=O) groups excluding carboxylic acids is 1. The molecular weight excluding hydrogens is 334 g/mol. The lowest BCUT2D eigenvalue weighted by Gasteiger charge is -2.29. The van der Waals surface area contributed by atoms with Gasteiger partial charge in [-0.15, -0.1) is 5.10 Å². The first-order valence-corrected chi connectivity index (χ1v) is 8.50. The van der Waals surface area contributed by atoms with Crippen molar-refractivity contribution >= 4 is 5.91 Å². The van der Waals surface area contributed by atoms with Crippen LogP contribution in [0.25, 0.3) is 0 Å². The minimum Gasteiger partial charge on any atom is -0.479 e. The van der Waals surface area contributed by atoms with E-state index in [1.165, 1.54) is 13.3 Å². The van der Waals surface area contributed by atoms with E-state index in [2.05, 4.69) is 15.4 Å². The van der Waals surface area contributed by atoms with Crippen LogP contribution in [0.3, 0.4) is 0 Å². The van der Waals surface area contributed by atoms with Gasteiger partial charge in [0.2, 0.25) is 11.8 Å². The lowest BCUT2D eigenvalue weighted by molar-refractivity contribution is 0.0887. The molecule has 1 aliphatic rings. The number of methoxy groups -OCH3 is 1. The van der Waals surface area contributed by atoms with E-state index in [1.54, 1.807) is 30.1 Å². The maximum absolute atomic E-state index is 12.4. The third-order valence-corrected chi connectivity index (χ3v) is 4.40. The Morgan fingerprint density at radius 3 is 2.73 bits per heavy atom. The standard InChI is InChI=1S/C18H21N5O3/c1-23-11-15(18(22-23)25-2)17(24)21-13-4-6-14(7-5-13)26-16-8-3-12(9-19)10-20-16/h3,8,10-11,13-14H,4-7H2,1-2H3,(H,21,24). The van der Waals surface area contributed by atoms with Crippen LogP contribution in [0.2, 0.25) is 0 Å². The zero-order valence-electron chi connectivity index (χ0n) is 14.8. The molecule has 2 aromatic heterocycles. The van der Waals surface area contributed by atoms with Gasteiger partial charge in [0.15, 0.2) is 0 Å². The highest BCUT2D eigenvalue weighted by Gasteiger charge is 2.26. The summed E-state index contributed by atoms with van der Waals surface area (Å²) in [4.78, 5) is 16.6. The Morgan fingerprint density at radius 2 is 2.12 bits per heavy atom. The van der Waals surface area contributed by atoms with Gasteiger partial charge in [0, 0.05) is 31.5 Å². The van der Waals surface area contributed by atoms with Crippen LogP contribution >= 0.6 is 0 Å². The molecule has 0 bridgehead atoms. The van der Waals surface area contributed by atoms with Crippen LogP contribution in [-0.4, -0.2) is 39.9 Å². The molecule has 0 radical (unpaired) electrons. The summed E-state index contributed by atoms with van der Waals surface area (Å²) in [5.74, 6) is 0.679. The van der Waals surface area contributed by atoms with Gasteiger partial charge in [-0.3, -0.25) is 9.48 Å². The first-order chi connectivity index (χ1) is 12.6. The molecule has 1 fully saturated rings. The van der Waals surface area contributed by atoms with Crippen molar-refractivity contribution in [1.29, 1.82) is 5.26 Å². The van der Waals surface area contributed by atoms with E-state index in [-0.39, 0.29) is 18.1 Å². The van der Waals surface area contributed by atoms with Crippen LogP contribution < -0.4 is 14.8 Å². The SMILES string of the molecule is COc1nn(C)cc1C(=O)NC1CCC(Oc2ccc(C#N)cn2)CC1. The molecule has 26 heavy (non-hydrogen) atoms. The van der Waals surface area contributed by atoms with Gasteiger partial charge in [-0.05, 0) is 31.7 Å². The predicted molar refractivity (Wildman–Crippen MR) is 92.9 cm³/mol. The predicted octanol–water partition coefficient (Wildman–Crippen LogP) is 1.82. The Morgan fingerprint density at radius 1 is 1.35 bits per heavy atom. The number of nitriles is 1. The second kappa shape index (κ2) is 7.87. The van der Waals surface area contributed by atoms with Gasteiger partial charge in [0.05, 0.1) is 12.7 Å². The first kappa shape index (κ1) is 17.7. The fraction of sp³-hybridized carbons (Fsp3) is 0.444. The normalized spacial score (nSPS) is 19.4. The van der Waals surface area contributed by atoms with Crippen LogP contribution in [-0.2, 0) is 7.05 Å². The highest BCUT2D eigenvalue weighted by Crippen LogP contribution is 2.24. The minimum atomic E-state index is -0.173. The van der Waals surface area contributed by atoms with E-state index < -0.39 is 0 Å². The molecule has 1 saturated carbocycles. The van der Waals surface area contributed by atoms with Gasteiger partial charge >= 0.3 is 0 Å². The summed E-state index contributed by atoms with van der Waals surface area (Å²) < 4.78 is 12.6. The van der Waals surface area contributed by atoms with Crippen LogP contribution in [0.5, 0.6) is 11.8 Å². The number of hydrogen-bond donors (Lipinski definition) is 1. The Bertz CT molecular complexity index is 801. The number of nitrogens with one attached hydrogen (secondary N) is 1. The largest absolute Gasteiger partial charge is 0.479 e. The molecule has 0 spiro atoms. The zero-order chi connectivity index (χ0) is 18.5. The van der Waals surface area contributed by atoms with E-state index in [4.69, 9.17) is 14.7 Å². The highest BCUT2D eigenvalue weighted by atomic mass is 16.5. The Labute approximate surface area is 151 Å². The summed E-state index contributed by atoms with van der Waals surface area (Å²) in [6.45, 7) is 0. The highest BCUT2D eigenvalue weighted by molar-refractivity contribution is 5.96. The maximum atomic E-state index is 12.4. The van der Waals surface area contributed by atoms with Crippen LogP contribution in [0.15, 0.2) is 24.5 Å². The van der Waals surface area contributed by atoms with E-state index in [0.717, 1.165) is 25.7 Å². The average Bonchev–Trinajstić information content (AvgIpc) is 3.05. The van der Waals surface area contributed by atoms with Gasteiger partial charge in [-0.2, -0.15) is 5.26 Å². The number of nitrogens with zero attached hydrogens (tertiary/aromatic N) is 4. The van der Waals surface area contributed by atoms with Gasteiger partial charge in [-0.25, -0.2) is 4.98 Å². The molecule has 2 aromatic rings. The number of hydrogen-bond acceptors (Lipinski definition) is 6. The summed E-state index contributed by atoms with van der Waals surface area (Å²) in [5, 5.41) is 15.9. The minimum absolute atomic E-state index is 0.0662. The second-order valence-corrected chi connectivity index (χ2v) is 6.29. The fourth-order valence-corrected chi connectivity index (χ4v) is 3.05. The molecule has 3 rings (SSSR count). The number of ether oxygens (including phenoxy) is 2. The molecule has 0 atom stereocenters. The summed E-state index contributed by atoms with van der Waals surface area (Å²) >= 11 is 0. The van der Waals surface area contributed by atoms with Crippen molar-refractivity contribution in [1.82, 2.24) is 20.1 Å². The number of carbonyl (C=O) groups is 1. The smallest absolute Gasteiger partial charge is 0.258 e. The molecule has 8 heteroatoms. The van der Waals surface area contributed by atoms with E-state index in [9.17, 15) is 4.79 Å². The number of aryl methyl sites for hydroxylation is 1. The van der Waals surface area contributed by atoms with E-state index in [0.29, 0.717) is 22.9 Å². The second-order valence-electron chi connectivity index (χ2n) is 6.29. The van der Waals surface area contributed by atoms with Gasteiger partial charge in [0.25, 0.3) is 5.91 Å². The van der Waals surface area contributed by atoms with Crippen LogP contribution in [0.4, 0.5) is 0 Å². The Kier molecular flexibility index (Phi) is 5.37. The van der Waals surface area contributed by atoms with Crippen molar-refractivity contribution < 1.29 is 14.3 Å². The average molecular weight is 355 g/mol. The zero-order valence-corrected chi connectivity index (χ0v) is 14.8. The van der Waals surface area contributed by atoms with Gasteiger partial charge < -0.3 is 14.8 Å². The summed E-state index contributed by atoms with van der Waals surface area (Å²) in [6, 6.07) is 5.53. The van der Waals surface area contributed by atoms with Crippen LogP contribution in [0.1, 0.15) is 41.6 Å². The van der Waals surface area contributed by atoms with Crippen molar-refractivity contribution in [2.45, 2.75) is 37.8 Å². The molecule has 136 valence electrons. The van der Waals surface area contributed by atoms with Crippen molar-refractivity contribution in [3.8, 4) is 17.8 Å². The summed E-state index contributed by atoms with van der Waals surface area (Å²) in [7, 11) is 3.25. The molecule has 8 nitrogen and oxygen atoms in total. The molecule has 0 unspecified atom stereocenters. The van der Waals surface area contributed by atoms with E-state index >= 15 is 0 Å². The third kappa shape index (κ3) is 4.11. The van der Waals surface area contributed by atoms with E-state index in [1.807, 2.05) is 6.07 Å². The lowest BCUT2D eigenvalue weighted by atomic mass is 9.93. The van der Waals surface area contributed by atoms with Crippen molar-refractivity contribution in [3.63, 3.8) is 0 Å². The number of pyridine rings is 1. The third-order valence-electron chi connectivity index (χ3n) is 4.40. The monoisotopic (exact) mass is 355 g/mol.